The third kappa shape index (κ3) is 4.22. The van der Waals surface area contributed by atoms with E-state index in [-0.39, 0.29) is 5.91 Å². The van der Waals surface area contributed by atoms with Crippen molar-refractivity contribution >= 4 is 17.3 Å². The summed E-state index contributed by atoms with van der Waals surface area (Å²) in [6.07, 6.45) is 7.77. The smallest absolute Gasteiger partial charge is 0.246 e. The second kappa shape index (κ2) is 8.78. The van der Waals surface area contributed by atoms with Gasteiger partial charge in [-0.25, -0.2) is 0 Å². The number of rotatable bonds is 6. The van der Waals surface area contributed by atoms with Crippen LogP contribution in [0.1, 0.15) is 43.2 Å². The average Bonchev–Trinajstić information content (AvgIpc) is 3.18. The third-order valence-corrected chi connectivity index (χ3v) is 6.41. The predicted molar refractivity (Wildman–Crippen MR) is 115 cm³/mol. The SMILES string of the molecule is C[NH+](Cc1ccccc1NCC(=O)N1CCc2ccccc21)C1CCCCC1. The molecule has 4 rings (SSSR count). The van der Waals surface area contributed by atoms with Crippen LogP contribution in [0, 0.1) is 0 Å². The number of hydrogen-bond acceptors (Lipinski definition) is 2. The molecule has 1 atom stereocenters. The summed E-state index contributed by atoms with van der Waals surface area (Å²) < 4.78 is 0. The summed E-state index contributed by atoms with van der Waals surface area (Å²) in [5.41, 5.74) is 4.75. The highest BCUT2D eigenvalue weighted by molar-refractivity contribution is 5.98. The maximum absolute atomic E-state index is 12.8. The first-order valence-electron chi connectivity index (χ1n) is 10.7. The minimum atomic E-state index is 0.146. The zero-order valence-electron chi connectivity index (χ0n) is 16.9. The van der Waals surface area contributed by atoms with Crippen molar-refractivity contribution in [1.29, 1.82) is 0 Å². The number of quaternary nitrogens is 1. The van der Waals surface area contributed by atoms with Gasteiger partial charge in [0.05, 0.1) is 19.6 Å². The normalized spacial score (nSPS) is 18.0. The topological polar surface area (TPSA) is 36.8 Å². The van der Waals surface area contributed by atoms with Gasteiger partial charge in [0, 0.05) is 23.5 Å². The first-order valence-corrected chi connectivity index (χ1v) is 10.7. The lowest BCUT2D eigenvalue weighted by Gasteiger charge is -2.29. The zero-order chi connectivity index (χ0) is 19.3. The average molecular weight is 379 g/mol. The van der Waals surface area contributed by atoms with Crippen molar-refractivity contribution in [3.8, 4) is 0 Å². The summed E-state index contributed by atoms with van der Waals surface area (Å²) in [7, 11) is 2.32. The molecule has 1 aliphatic carbocycles. The van der Waals surface area contributed by atoms with Crippen LogP contribution < -0.4 is 15.1 Å². The molecule has 4 heteroatoms. The number of fused-ring (bicyclic) bond motifs is 1. The van der Waals surface area contributed by atoms with Crippen LogP contribution in [-0.4, -0.2) is 32.1 Å². The lowest BCUT2D eigenvalue weighted by molar-refractivity contribution is -0.921. The van der Waals surface area contributed by atoms with Crippen LogP contribution in [0.15, 0.2) is 48.5 Å². The number of nitrogens with one attached hydrogen (secondary N) is 2. The fourth-order valence-corrected chi connectivity index (χ4v) is 4.75. The van der Waals surface area contributed by atoms with Crippen LogP contribution in [0.5, 0.6) is 0 Å². The molecule has 2 aromatic rings. The molecule has 2 N–H and O–H groups in total. The summed E-state index contributed by atoms with van der Waals surface area (Å²) in [5, 5.41) is 3.42. The van der Waals surface area contributed by atoms with E-state index in [1.165, 1.54) is 43.2 Å². The van der Waals surface area contributed by atoms with E-state index in [1.54, 1.807) is 4.90 Å². The number of nitrogens with zero attached hydrogens (tertiary/aromatic N) is 1. The van der Waals surface area contributed by atoms with E-state index in [9.17, 15) is 4.79 Å². The van der Waals surface area contributed by atoms with E-state index in [4.69, 9.17) is 0 Å². The highest BCUT2D eigenvalue weighted by atomic mass is 16.2. The van der Waals surface area contributed by atoms with Crippen molar-refractivity contribution in [2.24, 2.45) is 0 Å². The molecular weight excluding hydrogens is 346 g/mol. The number of para-hydroxylation sites is 2. The molecule has 148 valence electrons. The number of benzene rings is 2. The molecule has 0 radical (unpaired) electrons. The first kappa shape index (κ1) is 19.0. The Balaban J connectivity index is 1.38. The van der Waals surface area contributed by atoms with Crippen LogP contribution in [0.3, 0.4) is 0 Å². The van der Waals surface area contributed by atoms with E-state index in [1.807, 2.05) is 17.0 Å². The minimum Gasteiger partial charge on any atom is -0.376 e. The Labute approximate surface area is 168 Å². The van der Waals surface area contributed by atoms with Crippen LogP contribution in [-0.2, 0) is 17.8 Å². The Bertz CT molecular complexity index is 813. The second-order valence-electron chi connectivity index (χ2n) is 8.29. The lowest BCUT2D eigenvalue weighted by Crippen LogP contribution is -3.11. The highest BCUT2D eigenvalue weighted by Crippen LogP contribution is 2.27. The van der Waals surface area contributed by atoms with Crippen LogP contribution in [0.25, 0.3) is 0 Å². The Morgan fingerprint density at radius 3 is 2.68 bits per heavy atom. The highest BCUT2D eigenvalue weighted by Gasteiger charge is 2.25. The molecule has 0 bridgehead atoms. The monoisotopic (exact) mass is 378 g/mol. The van der Waals surface area contributed by atoms with Crippen LogP contribution >= 0.6 is 0 Å². The Morgan fingerprint density at radius 1 is 1.07 bits per heavy atom. The number of amides is 1. The molecule has 1 unspecified atom stereocenters. The van der Waals surface area contributed by atoms with E-state index >= 15 is 0 Å². The molecule has 0 aromatic heterocycles. The summed E-state index contributed by atoms with van der Waals surface area (Å²) in [6.45, 7) is 2.14. The van der Waals surface area contributed by atoms with Gasteiger partial charge >= 0.3 is 0 Å². The van der Waals surface area contributed by atoms with Crippen molar-refractivity contribution in [1.82, 2.24) is 0 Å². The van der Waals surface area contributed by atoms with E-state index in [0.29, 0.717) is 6.54 Å². The fraction of sp³-hybridized carbons (Fsp3) is 0.458. The van der Waals surface area contributed by atoms with E-state index < -0.39 is 0 Å². The van der Waals surface area contributed by atoms with Crippen molar-refractivity contribution in [2.45, 2.75) is 51.1 Å². The summed E-state index contributed by atoms with van der Waals surface area (Å²) >= 11 is 0. The van der Waals surface area contributed by atoms with Crippen LogP contribution in [0.2, 0.25) is 0 Å². The van der Waals surface area contributed by atoms with E-state index in [2.05, 4.69) is 48.8 Å². The molecule has 1 saturated carbocycles. The lowest BCUT2D eigenvalue weighted by atomic mass is 9.94. The molecule has 2 aromatic carbocycles. The predicted octanol–water partition coefficient (Wildman–Crippen LogP) is 3.04. The largest absolute Gasteiger partial charge is 0.376 e. The number of carbonyl (C=O) groups excluding carboxylic acids is 1. The van der Waals surface area contributed by atoms with Crippen molar-refractivity contribution in [3.05, 3.63) is 59.7 Å². The van der Waals surface area contributed by atoms with Gasteiger partial charge in [-0.3, -0.25) is 4.79 Å². The number of anilines is 2. The molecule has 2 aliphatic rings. The number of carbonyl (C=O) groups is 1. The van der Waals surface area contributed by atoms with Gasteiger partial charge in [-0.15, -0.1) is 0 Å². The van der Waals surface area contributed by atoms with Crippen molar-refractivity contribution in [3.63, 3.8) is 0 Å². The van der Waals surface area contributed by atoms with Gasteiger partial charge in [0.2, 0.25) is 5.91 Å². The third-order valence-electron chi connectivity index (χ3n) is 6.41. The quantitative estimate of drug-likeness (QED) is 0.811. The molecule has 4 nitrogen and oxygen atoms in total. The van der Waals surface area contributed by atoms with Gasteiger partial charge in [0.25, 0.3) is 0 Å². The molecule has 0 spiro atoms. The van der Waals surface area contributed by atoms with Gasteiger partial charge < -0.3 is 15.1 Å². The van der Waals surface area contributed by atoms with Crippen molar-refractivity contribution < 1.29 is 9.69 Å². The zero-order valence-corrected chi connectivity index (χ0v) is 16.9. The van der Waals surface area contributed by atoms with Crippen LogP contribution in [0.4, 0.5) is 11.4 Å². The van der Waals surface area contributed by atoms with Gasteiger partial charge in [-0.05, 0) is 49.8 Å². The molecule has 28 heavy (non-hydrogen) atoms. The maximum Gasteiger partial charge on any atom is 0.246 e. The molecule has 1 fully saturated rings. The summed E-state index contributed by atoms with van der Waals surface area (Å²) in [5.74, 6) is 0.146. The van der Waals surface area contributed by atoms with Gasteiger partial charge in [0.15, 0.2) is 0 Å². The Morgan fingerprint density at radius 2 is 1.82 bits per heavy atom. The molecule has 1 amide bonds. The van der Waals surface area contributed by atoms with Gasteiger partial charge in [-0.2, -0.15) is 0 Å². The standard InChI is InChI=1S/C24H31N3O/c1-26(21-11-3-2-4-12-21)18-20-10-5-7-13-22(20)25-17-24(28)27-16-15-19-9-6-8-14-23(19)27/h5-10,13-14,21,25H,2-4,11-12,15-18H2,1H3/p+1. The first-order chi connectivity index (χ1) is 13.7. The van der Waals surface area contributed by atoms with E-state index in [0.717, 1.165) is 36.9 Å². The molecular formula is C24H32N3O+. The second-order valence-corrected chi connectivity index (χ2v) is 8.29. The molecule has 1 aliphatic heterocycles. The Kier molecular flexibility index (Phi) is 5.96. The fourth-order valence-electron chi connectivity index (χ4n) is 4.75. The van der Waals surface area contributed by atoms with Gasteiger partial charge in [0.1, 0.15) is 6.54 Å². The number of hydrogen-bond donors (Lipinski definition) is 2. The summed E-state index contributed by atoms with van der Waals surface area (Å²) in [4.78, 5) is 16.3. The Hall–Kier alpha value is -2.33. The van der Waals surface area contributed by atoms with Crippen molar-refractivity contribution in [2.75, 3.05) is 30.4 Å². The minimum absolute atomic E-state index is 0.146. The van der Waals surface area contributed by atoms with Gasteiger partial charge in [-0.1, -0.05) is 42.8 Å². The molecule has 0 saturated heterocycles. The summed E-state index contributed by atoms with van der Waals surface area (Å²) in [6, 6.07) is 17.5. The maximum atomic E-state index is 12.8. The molecule has 1 heterocycles.